The van der Waals surface area contributed by atoms with Crippen LogP contribution < -0.4 is 0 Å². The van der Waals surface area contributed by atoms with E-state index in [1.54, 1.807) is 0 Å². The standard InChI is InChI=1S/C10H16ClNO2/c11-4-9(14)12-5-8-2-1-3-10(8,6-12)7-13/h8,13H,1-7H2/t8-,10-/m1/s1. The van der Waals surface area contributed by atoms with E-state index >= 15 is 0 Å². The Labute approximate surface area is 89.0 Å². The lowest BCUT2D eigenvalue weighted by Gasteiger charge is -2.25. The van der Waals surface area contributed by atoms with Gasteiger partial charge in [-0.15, -0.1) is 11.6 Å². The Bertz CT molecular complexity index is 246. The monoisotopic (exact) mass is 217 g/mol. The predicted molar refractivity (Wildman–Crippen MR) is 54.2 cm³/mol. The van der Waals surface area contributed by atoms with Crippen LogP contribution in [0.4, 0.5) is 0 Å². The number of halogens is 1. The van der Waals surface area contributed by atoms with Crippen molar-refractivity contribution in [1.82, 2.24) is 4.90 Å². The molecule has 0 aromatic heterocycles. The highest BCUT2D eigenvalue weighted by Gasteiger charge is 2.49. The van der Waals surface area contributed by atoms with Crippen molar-refractivity contribution in [3.8, 4) is 0 Å². The number of amides is 1. The average molecular weight is 218 g/mol. The van der Waals surface area contributed by atoms with E-state index in [9.17, 15) is 9.90 Å². The van der Waals surface area contributed by atoms with Crippen LogP contribution in [0, 0.1) is 11.3 Å². The summed E-state index contributed by atoms with van der Waals surface area (Å²) in [4.78, 5) is 13.2. The zero-order valence-corrected chi connectivity index (χ0v) is 8.96. The molecule has 1 aliphatic carbocycles. The molecule has 2 rings (SSSR count). The average Bonchev–Trinajstić information content (AvgIpc) is 2.72. The van der Waals surface area contributed by atoms with Gasteiger partial charge in [0, 0.05) is 18.5 Å². The van der Waals surface area contributed by atoms with Gasteiger partial charge in [0.15, 0.2) is 0 Å². The van der Waals surface area contributed by atoms with E-state index in [4.69, 9.17) is 11.6 Å². The number of hydrogen-bond donors (Lipinski definition) is 1. The summed E-state index contributed by atoms with van der Waals surface area (Å²) in [6.07, 6.45) is 3.39. The van der Waals surface area contributed by atoms with E-state index in [1.165, 1.54) is 6.42 Å². The second kappa shape index (κ2) is 3.70. The maximum Gasteiger partial charge on any atom is 0.237 e. The first-order valence-corrected chi connectivity index (χ1v) is 5.70. The van der Waals surface area contributed by atoms with Crippen LogP contribution in [0.15, 0.2) is 0 Å². The molecule has 1 aliphatic heterocycles. The lowest BCUT2D eigenvalue weighted by Crippen LogP contribution is -2.34. The lowest BCUT2D eigenvalue weighted by atomic mass is 9.82. The summed E-state index contributed by atoms with van der Waals surface area (Å²) in [6.45, 7) is 1.72. The molecule has 0 unspecified atom stereocenters. The maximum atomic E-state index is 11.4. The molecular formula is C10H16ClNO2. The highest BCUT2D eigenvalue weighted by atomic mass is 35.5. The second-order valence-corrected chi connectivity index (χ2v) is 4.78. The summed E-state index contributed by atoms with van der Waals surface area (Å²) >= 11 is 5.52. The maximum absolute atomic E-state index is 11.4. The highest BCUT2D eigenvalue weighted by molar-refractivity contribution is 6.27. The number of alkyl halides is 1. The molecule has 4 heteroatoms. The molecule has 1 amide bonds. The van der Waals surface area contributed by atoms with Crippen LogP contribution in [0.2, 0.25) is 0 Å². The minimum Gasteiger partial charge on any atom is -0.396 e. The summed E-state index contributed by atoms with van der Waals surface area (Å²) < 4.78 is 0. The Balaban J connectivity index is 2.08. The van der Waals surface area contributed by atoms with Crippen LogP contribution in [0.3, 0.4) is 0 Å². The smallest absolute Gasteiger partial charge is 0.237 e. The van der Waals surface area contributed by atoms with E-state index in [-0.39, 0.29) is 23.8 Å². The van der Waals surface area contributed by atoms with E-state index in [0.29, 0.717) is 12.5 Å². The Hall–Kier alpha value is -0.280. The van der Waals surface area contributed by atoms with Gasteiger partial charge in [-0.2, -0.15) is 0 Å². The largest absolute Gasteiger partial charge is 0.396 e. The molecule has 2 fully saturated rings. The van der Waals surface area contributed by atoms with Gasteiger partial charge in [-0.1, -0.05) is 6.42 Å². The van der Waals surface area contributed by atoms with Gasteiger partial charge in [-0.05, 0) is 18.8 Å². The van der Waals surface area contributed by atoms with Crippen molar-refractivity contribution in [1.29, 1.82) is 0 Å². The quantitative estimate of drug-likeness (QED) is 0.697. The number of carbonyl (C=O) groups is 1. The molecule has 1 heterocycles. The molecule has 1 saturated heterocycles. The van der Waals surface area contributed by atoms with Crippen molar-refractivity contribution in [3.63, 3.8) is 0 Å². The number of hydrogen-bond acceptors (Lipinski definition) is 2. The van der Waals surface area contributed by atoms with E-state index in [2.05, 4.69) is 0 Å². The molecule has 0 spiro atoms. The Morgan fingerprint density at radius 2 is 2.43 bits per heavy atom. The molecule has 0 radical (unpaired) electrons. The number of fused-ring (bicyclic) bond motifs is 1. The first-order valence-electron chi connectivity index (χ1n) is 5.16. The molecule has 2 aliphatic rings. The minimum atomic E-state index is 0.00171. The second-order valence-electron chi connectivity index (χ2n) is 4.52. The van der Waals surface area contributed by atoms with Crippen LogP contribution in [0.1, 0.15) is 19.3 Å². The van der Waals surface area contributed by atoms with Crippen LogP contribution in [0.25, 0.3) is 0 Å². The third-order valence-electron chi connectivity index (χ3n) is 3.82. The number of likely N-dealkylation sites (tertiary alicyclic amines) is 1. The van der Waals surface area contributed by atoms with Crippen molar-refractivity contribution in [2.45, 2.75) is 19.3 Å². The summed E-state index contributed by atoms with van der Waals surface area (Å²) in [5.74, 6) is 0.572. The number of nitrogens with zero attached hydrogens (tertiary/aromatic N) is 1. The van der Waals surface area contributed by atoms with Crippen molar-refractivity contribution < 1.29 is 9.90 Å². The van der Waals surface area contributed by atoms with Gasteiger partial charge in [0.2, 0.25) is 5.91 Å². The van der Waals surface area contributed by atoms with Gasteiger partial charge in [-0.3, -0.25) is 4.79 Å². The van der Waals surface area contributed by atoms with Crippen LogP contribution in [-0.2, 0) is 4.79 Å². The zero-order chi connectivity index (χ0) is 10.2. The lowest BCUT2D eigenvalue weighted by molar-refractivity contribution is -0.128. The third kappa shape index (κ3) is 1.43. The molecule has 2 atom stereocenters. The van der Waals surface area contributed by atoms with Gasteiger partial charge in [0.1, 0.15) is 5.88 Å². The number of aliphatic hydroxyl groups is 1. The molecule has 0 aromatic carbocycles. The molecular weight excluding hydrogens is 202 g/mol. The number of rotatable bonds is 2. The molecule has 1 saturated carbocycles. The SMILES string of the molecule is O=C(CCl)N1C[C@H]2CCC[C@]2(CO)C1. The summed E-state index contributed by atoms with van der Waals surface area (Å²) in [5, 5.41) is 9.43. The molecule has 80 valence electrons. The minimum absolute atomic E-state index is 0.00171. The van der Waals surface area contributed by atoms with Gasteiger partial charge >= 0.3 is 0 Å². The fourth-order valence-corrected chi connectivity index (χ4v) is 3.12. The van der Waals surface area contributed by atoms with Crippen molar-refractivity contribution in [2.75, 3.05) is 25.6 Å². The topological polar surface area (TPSA) is 40.5 Å². The summed E-state index contributed by atoms with van der Waals surface area (Å²) in [5.41, 5.74) is 0.00171. The fraction of sp³-hybridized carbons (Fsp3) is 0.900. The van der Waals surface area contributed by atoms with Gasteiger partial charge in [0.25, 0.3) is 0 Å². The zero-order valence-electron chi connectivity index (χ0n) is 8.21. The van der Waals surface area contributed by atoms with Crippen molar-refractivity contribution in [3.05, 3.63) is 0 Å². The van der Waals surface area contributed by atoms with E-state index in [1.807, 2.05) is 4.90 Å². The first kappa shape index (κ1) is 10.2. The third-order valence-corrected chi connectivity index (χ3v) is 4.05. The van der Waals surface area contributed by atoms with Crippen LogP contribution in [0.5, 0.6) is 0 Å². The number of carbonyl (C=O) groups excluding carboxylic acids is 1. The van der Waals surface area contributed by atoms with Gasteiger partial charge in [-0.25, -0.2) is 0 Å². The normalized spacial score (nSPS) is 36.1. The van der Waals surface area contributed by atoms with E-state index in [0.717, 1.165) is 19.4 Å². The van der Waals surface area contributed by atoms with Crippen molar-refractivity contribution >= 4 is 17.5 Å². The van der Waals surface area contributed by atoms with Gasteiger partial charge in [0.05, 0.1) is 6.61 Å². The Morgan fingerprint density at radius 3 is 3.00 bits per heavy atom. The Kier molecular flexibility index (Phi) is 2.71. The predicted octanol–water partition coefficient (Wildman–Crippen LogP) is 0.846. The summed E-state index contributed by atoms with van der Waals surface area (Å²) in [6, 6.07) is 0. The summed E-state index contributed by atoms with van der Waals surface area (Å²) in [7, 11) is 0. The number of aliphatic hydroxyl groups excluding tert-OH is 1. The fourth-order valence-electron chi connectivity index (χ4n) is 2.95. The van der Waals surface area contributed by atoms with Crippen LogP contribution >= 0.6 is 11.6 Å². The van der Waals surface area contributed by atoms with Gasteiger partial charge < -0.3 is 10.0 Å². The Morgan fingerprint density at radius 1 is 1.64 bits per heavy atom. The molecule has 1 N–H and O–H groups in total. The molecule has 0 bridgehead atoms. The first-order chi connectivity index (χ1) is 6.72. The molecule has 0 aromatic rings. The molecule has 14 heavy (non-hydrogen) atoms. The highest BCUT2D eigenvalue weighted by Crippen LogP contribution is 2.48. The van der Waals surface area contributed by atoms with E-state index < -0.39 is 0 Å². The van der Waals surface area contributed by atoms with Crippen molar-refractivity contribution in [2.24, 2.45) is 11.3 Å². The molecule has 3 nitrogen and oxygen atoms in total. The van der Waals surface area contributed by atoms with Crippen LogP contribution in [-0.4, -0.2) is 41.5 Å².